The van der Waals surface area contributed by atoms with Crippen molar-refractivity contribution in [1.82, 2.24) is 10.6 Å². The van der Waals surface area contributed by atoms with Crippen molar-refractivity contribution in [2.75, 3.05) is 6.54 Å². The van der Waals surface area contributed by atoms with Gasteiger partial charge in [0, 0.05) is 13.0 Å². The van der Waals surface area contributed by atoms with E-state index in [1.54, 1.807) is 19.3 Å². The SMILES string of the molecule is CC[C@H](NC(=O)NCCc1ccco1)C(=O)O. The molecule has 0 aromatic carbocycles. The van der Waals surface area contributed by atoms with Crippen molar-refractivity contribution in [3.63, 3.8) is 0 Å². The number of furan rings is 1. The van der Waals surface area contributed by atoms with Crippen molar-refractivity contribution in [3.8, 4) is 0 Å². The maximum Gasteiger partial charge on any atom is 0.326 e. The lowest BCUT2D eigenvalue weighted by Crippen LogP contribution is -2.46. The summed E-state index contributed by atoms with van der Waals surface area (Å²) in [6.45, 7) is 2.09. The van der Waals surface area contributed by atoms with Crippen molar-refractivity contribution in [2.45, 2.75) is 25.8 Å². The second-order valence-electron chi connectivity index (χ2n) is 3.53. The van der Waals surface area contributed by atoms with E-state index in [1.807, 2.05) is 6.07 Å². The molecule has 1 rings (SSSR count). The number of urea groups is 1. The fraction of sp³-hybridized carbons (Fsp3) is 0.455. The third kappa shape index (κ3) is 4.58. The number of carbonyl (C=O) groups is 2. The number of hydrogen-bond donors (Lipinski definition) is 3. The van der Waals surface area contributed by atoms with Crippen LogP contribution in [0, 0.1) is 0 Å². The van der Waals surface area contributed by atoms with E-state index in [4.69, 9.17) is 9.52 Å². The van der Waals surface area contributed by atoms with Crippen LogP contribution in [0.1, 0.15) is 19.1 Å². The molecule has 0 aliphatic heterocycles. The Morgan fingerprint density at radius 2 is 2.29 bits per heavy atom. The Labute approximate surface area is 99.0 Å². The number of carbonyl (C=O) groups excluding carboxylic acids is 1. The van der Waals surface area contributed by atoms with Gasteiger partial charge in [0.2, 0.25) is 0 Å². The van der Waals surface area contributed by atoms with Crippen molar-refractivity contribution in [3.05, 3.63) is 24.2 Å². The molecule has 0 aliphatic carbocycles. The molecule has 1 aromatic heterocycles. The van der Waals surface area contributed by atoms with Crippen LogP contribution in [0.15, 0.2) is 22.8 Å². The molecule has 6 nitrogen and oxygen atoms in total. The van der Waals surface area contributed by atoms with Gasteiger partial charge in [-0.1, -0.05) is 6.92 Å². The van der Waals surface area contributed by atoms with Gasteiger partial charge in [0.15, 0.2) is 0 Å². The zero-order valence-corrected chi connectivity index (χ0v) is 9.60. The molecule has 0 spiro atoms. The second-order valence-corrected chi connectivity index (χ2v) is 3.53. The summed E-state index contributed by atoms with van der Waals surface area (Å²) in [6, 6.07) is 2.25. The highest BCUT2D eigenvalue weighted by Gasteiger charge is 2.16. The number of hydrogen-bond acceptors (Lipinski definition) is 3. The van der Waals surface area contributed by atoms with Crippen LogP contribution in [0.3, 0.4) is 0 Å². The van der Waals surface area contributed by atoms with Gasteiger partial charge in [0.1, 0.15) is 11.8 Å². The number of carboxylic acids is 1. The normalized spacial score (nSPS) is 11.8. The Kier molecular flexibility index (Phi) is 5.06. The van der Waals surface area contributed by atoms with Crippen molar-refractivity contribution in [1.29, 1.82) is 0 Å². The fourth-order valence-corrected chi connectivity index (χ4v) is 1.30. The van der Waals surface area contributed by atoms with Gasteiger partial charge in [-0.3, -0.25) is 0 Å². The monoisotopic (exact) mass is 240 g/mol. The average Bonchev–Trinajstić information content (AvgIpc) is 2.78. The molecular weight excluding hydrogens is 224 g/mol. The molecule has 1 heterocycles. The van der Waals surface area contributed by atoms with Gasteiger partial charge in [0.05, 0.1) is 6.26 Å². The van der Waals surface area contributed by atoms with Crippen LogP contribution in [-0.2, 0) is 11.2 Å². The first-order chi connectivity index (χ1) is 8.13. The molecule has 0 saturated heterocycles. The molecule has 17 heavy (non-hydrogen) atoms. The van der Waals surface area contributed by atoms with E-state index in [9.17, 15) is 9.59 Å². The van der Waals surface area contributed by atoms with Gasteiger partial charge in [0.25, 0.3) is 0 Å². The largest absolute Gasteiger partial charge is 0.480 e. The van der Waals surface area contributed by atoms with Crippen LogP contribution < -0.4 is 10.6 Å². The molecule has 3 N–H and O–H groups in total. The molecule has 1 aromatic rings. The van der Waals surface area contributed by atoms with Gasteiger partial charge in [-0.25, -0.2) is 9.59 Å². The van der Waals surface area contributed by atoms with Crippen LogP contribution in [0.25, 0.3) is 0 Å². The van der Waals surface area contributed by atoms with E-state index in [0.29, 0.717) is 19.4 Å². The zero-order valence-electron chi connectivity index (χ0n) is 9.60. The Bertz CT molecular complexity index is 362. The lowest BCUT2D eigenvalue weighted by Gasteiger charge is -2.12. The van der Waals surface area contributed by atoms with E-state index >= 15 is 0 Å². The number of rotatable bonds is 6. The van der Waals surface area contributed by atoms with Crippen molar-refractivity contribution in [2.24, 2.45) is 0 Å². The van der Waals surface area contributed by atoms with Crippen LogP contribution in [0.4, 0.5) is 4.79 Å². The smallest absolute Gasteiger partial charge is 0.326 e. The maximum atomic E-state index is 11.3. The molecule has 0 saturated carbocycles. The minimum absolute atomic E-state index is 0.348. The molecule has 0 unspecified atom stereocenters. The van der Waals surface area contributed by atoms with E-state index in [0.717, 1.165) is 5.76 Å². The fourth-order valence-electron chi connectivity index (χ4n) is 1.30. The first-order valence-electron chi connectivity index (χ1n) is 5.43. The van der Waals surface area contributed by atoms with E-state index in [1.165, 1.54) is 0 Å². The topological polar surface area (TPSA) is 91.6 Å². The Balaban J connectivity index is 2.23. The minimum atomic E-state index is -1.03. The van der Waals surface area contributed by atoms with Crippen LogP contribution >= 0.6 is 0 Å². The molecule has 0 aliphatic rings. The third-order valence-corrected chi connectivity index (χ3v) is 2.25. The highest BCUT2D eigenvalue weighted by molar-refractivity contribution is 5.82. The average molecular weight is 240 g/mol. The van der Waals surface area contributed by atoms with Gasteiger partial charge in [-0.2, -0.15) is 0 Å². The van der Waals surface area contributed by atoms with Gasteiger partial charge in [-0.15, -0.1) is 0 Å². The standard InChI is InChI=1S/C11H16N2O4/c1-2-9(10(14)15)13-11(16)12-6-5-8-4-3-7-17-8/h3-4,7,9H,2,5-6H2,1H3,(H,14,15)(H2,12,13,16)/t9-/m0/s1. The first kappa shape index (κ1) is 13.1. The molecular formula is C11H16N2O4. The van der Waals surface area contributed by atoms with Crippen LogP contribution in [-0.4, -0.2) is 29.7 Å². The van der Waals surface area contributed by atoms with Crippen LogP contribution in [0.2, 0.25) is 0 Å². The molecule has 0 radical (unpaired) electrons. The summed E-state index contributed by atoms with van der Waals surface area (Å²) in [7, 11) is 0. The Morgan fingerprint density at radius 3 is 2.82 bits per heavy atom. The molecule has 94 valence electrons. The highest BCUT2D eigenvalue weighted by Crippen LogP contribution is 1.99. The van der Waals surface area contributed by atoms with Crippen molar-refractivity contribution < 1.29 is 19.1 Å². The second kappa shape index (κ2) is 6.57. The molecule has 1 atom stereocenters. The lowest BCUT2D eigenvalue weighted by molar-refractivity contribution is -0.139. The maximum absolute atomic E-state index is 11.3. The summed E-state index contributed by atoms with van der Waals surface area (Å²) in [5.41, 5.74) is 0. The highest BCUT2D eigenvalue weighted by atomic mass is 16.4. The lowest BCUT2D eigenvalue weighted by atomic mass is 10.2. The first-order valence-corrected chi connectivity index (χ1v) is 5.43. The van der Waals surface area contributed by atoms with E-state index < -0.39 is 18.0 Å². The summed E-state index contributed by atoms with van der Waals surface area (Å²) >= 11 is 0. The Morgan fingerprint density at radius 1 is 1.53 bits per heavy atom. The molecule has 6 heteroatoms. The van der Waals surface area contributed by atoms with Gasteiger partial charge < -0.3 is 20.2 Å². The molecule has 0 bridgehead atoms. The van der Waals surface area contributed by atoms with E-state index in [2.05, 4.69) is 10.6 Å². The summed E-state index contributed by atoms with van der Waals surface area (Å²) < 4.78 is 5.09. The number of carboxylic acid groups (broad SMARTS) is 1. The number of nitrogens with one attached hydrogen (secondary N) is 2. The van der Waals surface area contributed by atoms with Gasteiger partial charge in [-0.05, 0) is 18.6 Å². The number of amides is 2. The minimum Gasteiger partial charge on any atom is -0.480 e. The molecule has 0 fully saturated rings. The summed E-state index contributed by atoms with van der Waals surface area (Å²) in [5, 5.41) is 13.7. The summed E-state index contributed by atoms with van der Waals surface area (Å²) in [5.74, 6) is -0.260. The summed E-state index contributed by atoms with van der Waals surface area (Å²) in [6.07, 6.45) is 2.48. The van der Waals surface area contributed by atoms with Crippen molar-refractivity contribution >= 4 is 12.0 Å². The molecule has 2 amide bonds. The Hall–Kier alpha value is -1.98. The van der Waals surface area contributed by atoms with Crippen LogP contribution in [0.5, 0.6) is 0 Å². The summed E-state index contributed by atoms with van der Waals surface area (Å²) in [4.78, 5) is 22.0. The zero-order chi connectivity index (χ0) is 12.7. The van der Waals surface area contributed by atoms with E-state index in [-0.39, 0.29) is 0 Å². The van der Waals surface area contributed by atoms with Gasteiger partial charge >= 0.3 is 12.0 Å². The third-order valence-electron chi connectivity index (χ3n) is 2.25. The quantitative estimate of drug-likeness (QED) is 0.691. The predicted molar refractivity (Wildman–Crippen MR) is 60.7 cm³/mol. The number of aliphatic carboxylic acids is 1. The predicted octanol–water partition coefficient (Wildman–Crippen LogP) is 0.984.